The van der Waals surface area contributed by atoms with Crippen molar-refractivity contribution < 1.29 is 0 Å². The van der Waals surface area contributed by atoms with Crippen LogP contribution in [0.2, 0.25) is 0 Å². The van der Waals surface area contributed by atoms with E-state index in [1.807, 2.05) is 30.5 Å². The third-order valence-corrected chi connectivity index (χ3v) is 3.17. The SMILES string of the molecule is CN=C(NCCc1ccccc1)NCCc1ccccn1. The molecule has 1 aromatic carbocycles. The van der Waals surface area contributed by atoms with E-state index in [1.165, 1.54) is 5.56 Å². The maximum atomic E-state index is 4.30. The van der Waals surface area contributed by atoms with E-state index >= 15 is 0 Å². The van der Waals surface area contributed by atoms with Crippen molar-refractivity contribution in [2.45, 2.75) is 12.8 Å². The second-order valence-electron chi connectivity index (χ2n) is 4.73. The van der Waals surface area contributed by atoms with Gasteiger partial charge < -0.3 is 10.6 Å². The second kappa shape index (κ2) is 8.74. The van der Waals surface area contributed by atoms with E-state index in [2.05, 4.69) is 44.9 Å². The molecule has 0 spiro atoms. The molecular weight excluding hydrogens is 260 g/mol. The maximum Gasteiger partial charge on any atom is 0.190 e. The molecule has 1 aromatic heterocycles. The second-order valence-corrected chi connectivity index (χ2v) is 4.73. The van der Waals surface area contributed by atoms with Crippen molar-refractivity contribution in [2.75, 3.05) is 20.1 Å². The minimum absolute atomic E-state index is 0.821. The first-order valence-corrected chi connectivity index (χ1v) is 7.27. The van der Waals surface area contributed by atoms with Gasteiger partial charge in [0.25, 0.3) is 0 Å². The van der Waals surface area contributed by atoms with Crippen molar-refractivity contribution in [3.05, 3.63) is 66.0 Å². The van der Waals surface area contributed by atoms with Crippen LogP contribution in [0.3, 0.4) is 0 Å². The Kier molecular flexibility index (Phi) is 6.26. The summed E-state index contributed by atoms with van der Waals surface area (Å²) in [7, 11) is 1.79. The fraction of sp³-hybridized carbons (Fsp3) is 0.294. The number of guanidine groups is 1. The van der Waals surface area contributed by atoms with Gasteiger partial charge in [-0.15, -0.1) is 0 Å². The Labute approximate surface area is 126 Å². The summed E-state index contributed by atoms with van der Waals surface area (Å²) in [6.45, 7) is 1.69. The van der Waals surface area contributed by atoms with Crippen LogP contribution in [0.1, 0.15) is 11.3 Å². The summed E-state index contributed by atoms with van der Waals surface area (Å²) in [5.74, 6) is 0.835. The van der Waals surface area contributed by atoms with Crippen molar-refractivity contribution in [1.29, 1.82) is 0 Å². The van der Waals surface area contributed by atoms with E-state index in [1.54, 1.807) is 7.05 Å². The fourth-order valence-corrected chi connectivity index (χ4v) is 2.05. The summed E-state index contributed by atoms with van der Waals surface area (Å²) < 4.78 is 0. The number of pyridine rings is 1. The van der Waals surface area contributed by atoms with Crippen molar-refractivity contribution in [1.82, 2.24) is 15.6 Å². The van der Waals surface area contributed by atoms with E-state index in [9.17, 15) is 0 Å². The Morgan fingerprint density at radius 2 is 1.67 bits per heavy atom. The highest BCUT2D eigenvalue weighted by atomic mass is 15.2. The quantitative estimate of drug-likeness (QED) is 0.629. The first-order chi connectivity index (χ1) is 10.4. The highest BCUT2D eigenvalue weighted by Crippen LogP contribution is 1.98. The van der Waals surface area contributed by atoms with Gasteiger partial charge in [-0.2, -0.15) is 0 Å². The predicted molar refractivity (Wildman–Crippen MR) is 87.5 cm³/mol. The fourth-order valence-electron chi connectivity index (χ4n) is 2.05. The van der Waals surface area contributed by atoms with Crippen molar-refractivity contribution in [3.8, 4) is 0 Å². The molecule has 0 radical (unpaired) electrons. The van der Waals surface area contributed by atoms with Crippen molar-refractivity contribution >= 4 is 5.96 Å². The summed E-state index contributed by atoms with van der Waals surface area (Å²) in [5.41, 5.74) is 2.42. The highest BCUT2D eigenvalue weighted by molar-refractivity contribution is 5.79. The summed E-state index contributed by atoms with van der Waals surface area (Å²) in [6.07, 6.45) is 3.70. The summed E-state index contributed by atoms with van der Waals surface area (Å²) in [4.78, 5) is 8.53. The molecule has 0 aliphatic rings. The molecule has 0 bridgehead atoms. The van der Waals surface area contributed by atoms with Gasteiger partial charge in [-0.1, -0.05) is 36.4 Å². The largest absolute Gasteiger partial charge is 0.356 e. The van der Waals surface area contributed by atoms with Crippen LogP contribution in [-0.4, -0.2) is 31.1 Å². The van der Waals surface area contributed by atoms with Gasteiger partial charge in [0.1, 0.15) is 0 Å². The molecule has 0 fully saturated rings. The van der Waals surface area contributed by atoms with E-state index in [0.29, 0.717) is 0 Å². The monoisotopic (exact) mass is 282 g/mol. The Morgan fingerprint density at radius 3 is 2.33 bits per heavy atom. The molecular formula is C17H22N4. The number of hydrogen-bond acceptors (Lipinski definition) is 2. The van der Waals surface area contributed by atoms with E-state index < -0.39 is 0 Å². The highest BCUT2D eigenvalue weighted by Gasteiger charge is 1.98. The molecule has 1 heterocycles. The number of nitrogens with zero attached hydrogens (tertiary/aromatic N) is 2. The third-order valence-electron chi connectivity index (χ3n) is 3.17. The molecule has 2 aromatic rings. The lowest BCUT2D eigenvalue weighted by molar-refractivity contribution is 0.776. The standard InChI is InChI=1S/C17H22N4/c1-18-17(20-13-10-15-7-3-2-4-8-15)21-14-11-16-9-5-6-12-19-16/h2-9,12H,10-11,13-14H2,1H3,(H2,18,20,21). The van der Waals surface area contributed by atoms with E-state index in [-0.39, 0.29) is 0 Å². The van der Waals surface area contributed by atoms with Crippen LogP contribution in [-0.2, 0) is 12.8 Å². The molecule has 4 heteroatoms. The lowest BCUT2D eigenvalue weighted by Crippen LogP contribution is -2.39. The van der Waals surface area contributed by atoms with Gasteiger partial charge >= 0.3 is 0 Å². The number of hydrogen-bond donors (Lipinski definition) is 2. The zero-order valence-electron chi connectivity index (χ0n) is 12.4. The molecule has 0 aliphatic carbocycles. The van der Waals surface area contributed by atoms with Gasteiger partial charge in [-0.3, -0.25) is 9.98 Å². The van der Waals surface area contributed by atoms with Crippen molar-refractivity contribution in [3.63, 3.8) is 0 Å². The van der Waals surface area contributed by atoms with Gasteiger partial charge in [0.2, 0.25) is 0 Å². The van der Waals surface area contributed by atoms with Gasteiger partial charge in [0.15, 0.2) is 5.96 Å². The van der Waals surface area contributed by atoms with Crippen LogP contribution in [0.25, 0.3) is 0 Å². The normalized spacial score (nSPS) is 11.2. The number of rotatable bonds is 6. The minimum atomic E-state index is 0.821. The topological polar surface area (TPSA) is 49.3 Å². The Hall–Kier alpha value is -2.36. The van der Waals surface area contributed by atoms with Crippen LogP contribution in [0.4, 0.5) is 0 Å². The van der Waals surface area contributed by atoms with Gasteiger partial charge in [0.05, 0.1) is 0 Å². The molecule has 0 saturated carbocycles. The van der Waals surface area contributed by atoms with Gasteiger partial charge in [-0.25, -0.2) is 0 Å². The van der Waals surface area contributed by atoms with Crippen LogP contribution in [0.15, 0.2) is 59.7 Å². The van der Waals surface area contributed by atoms with Crippen LogP contribution in [0.5, 0.6) is 0 Å². The lowest BCUT2D eigenvalue weighted by Gasteiger charge is -2.11. The molecule has 4 nitrogen and oxygen atoms in total. The minimum Gasteiger partial charge on any atom is -0.356 e. The number of nitrogens with one attached hydrogen (secondary N) is 2. The molecule has 0 aliphatic heterocycles. The molecule has 0 unspecified atom stereocenters. The van der Waals surface area contributed by atoms with Crippen LogP contribution >= 0.6 is 0 Å². The summed E-state index contributed by atoms with van der Waals surface area (Å²) >= 11 is 0. The van der Waals surface area contributed by atoms with Crippen molar-refractivity contribution in [2.24, 2.45) is 4.99 Å². The number of aliphatic imine (C=N–C) groups is 1. The smallest absolute Gasteiger partial charge is 0.190 e. The molecule has 21 heavy (non-hydrogen) atoms. The zero-order valence-corrected chi connectivity index (χ0v) is 12.4. The van der Waals surface area contributed by atoms with Crippen LogP contribution < -0.4 is 10.6 Å². The molecule has 0 atom stereocenters. The third kappa shape index (κ3) is 5.65. The maximum absolute atomic E-state index is 4.30. The molecule has 0 saturated heterocycles. The Morgan fingerprint density at radius 1 is 0.952 bits per heavy atom. The average molecular weight is 282 g/mol. The first kappa shape index (κ1) is 15.0. The number of benzene rings is 1. The summed E-state index contributed by atoms with van der Waals surface area (Å²) in [6, 6.07) is 16.4. The first-order valence-electron chi connectivity index (χ1n) is 7.27. The summed E-state index contributed by atoms with van der Waals surface area (Å²) in [5, 5.41) is 6.63. The molecule has 0 amide bonds. The van der Waals surface area contributed by atoms with E-state index in [0.717, 1.165) is 37.6 Å². The van der Waals surface area contributed by atoms with Gasteiger partial charge in [0, 0.05) is 38.4 Å². The molecule has 2 N–H and O–H groups in total. The lowest BCUT2D eigenvalue weighted by atomic mass is 10.1. The predicted octanol–water partition coefficient (Wildman–Crippen LogP) is 2.03. The Balaban J connectivity index is 1.67. The molecule has 110 valence electrons. The zero-order chi connectivity index (χ0) is 14.8. The average Bonchev–Trinajstić information content (AvgIpc) is 2.55. The van der Waals surface area contributed by atoms with E-state index in [4.69, 9.17) is 0 Å². The van der Waals surface area contributed by atoms with Crippen LogP contribution in [0, 0.1) is 0 Å². The molecule has 2 rings (SSSR count). The number of aromatic nitrogens is 1. The Bertz CT molecular complexity index is 490. The van der Waals surface area contributed by atoms with Gasteiger partial charge in [-0.05, 0) is 24.1 Å².